The Morgan fingerprint density at radius 3 is 2.67 bits per heavy atom. The lowest BCUT2D eigenvalue weighted by atomic mass is 10.2. The molecule has 0 radical (unpaired) electrons. The number of hydrogen-bond acceptors (Lipinski definition) is 7. The molecule has 0 spiro atoms. The molecule has 1 aromatic heterocycles. The number of aryl methyl sites for hydroxylation is 1. The number of ether oxygens (including phenoxy) is 1. The van der Waals surface area contributed by atoms with Gasteiger partial charge in [0, 0.05) is 22.0 Å². The highest BCUT2D eigenvalue weighted by molar-refractivity contribution is 7.92. The normalized spacial score (nSPS) is 13.4. The molecule has 33 heavy (non-hydrogen) atoms. The van der Waals surface area contributed by atoms with Crippen LogP contribution in [0.4, 0.5) is 4.39 Å². The Hall–Kier alpha value is -2.19. The maximum Gasteiger partial charge on any atom is 0.391 e. The highest BCUT2D eigenvalue weighted by Crippen LogP contribution is 2.43. The molecular formula is C20H19ClFN2O6PS2. The van der Waals surface area contributed by atoms with Crippen LogP contribution < -0.4 is 14.0 Å². The molecule has 2 aromatic carbocycles. The van der Waals surface area contributed by atoms with Crippen LogP contribution in [0, 0.1) is 24.1 Å². The highest BCUT2D eigenvalue weighted by Gasteiger charge is 2.28. The third-order valence-electron chi connectivity index (χ3n) is 4.42. The van der Waals surface area contributed by atoms with Crippen molar-refractivity contribution in [1.29, 1.82) is 5.26 Å². The Kier molecular flexibility index (Phi) is 8.00. The van der Waals surface area contributed by atoms with Crippen LogP contribution in [-0.4, -0.2) is 32.1 Å². The summed E-state index contributed by atoms with van der Waals surface area (Å²) in [5, 5.41) is 9.42. The van der Waals surface area contributed by atoms with E-state index in [1.807, 2.05) is 0 Å². The zero-order valence-corrected chi connectivity index (χ0v) is 20.5. The number of thiophene rings is 1. The Morgan fingerprint density at radius 2 is 2.00 bits per heavy atom. The summed E-state index contributed by atoms with van der Waals surface area (Å²) in [5.74, 6) is -0.195. The predicted molar refractivity (Wildman–Crippen MR) is 124 cm³/mol. The first kappa shape index (κ1) is 25.4. The van der Waals surface area contributed by atoms with Gasteiger partial charge < -0.3 is 14.2 Å². The molecule has 0 aliphatic heterocycles. The van der Waals surface area contributed by atoms with Crippen LogP contribution in [0.5, 0.6) is 11.5 Å². The zero-order valence-electron chi connectivity index (χ0n) is 17.2. The van der Waals surface area contributed by atoms with Gasteiger partial charge in [0.2, 0.25) is 0 Å². The van der Waals surface area contributed by atoms with E-state index in [4.69, 9.17) is 26.1 Å². The summed E-state index contributed by atoms with van der Waals surface area (Å²) in [6.45, 7) is 2.06. The quantitative estimate of drug-likeness (QED) is 0.220. The van der Waals surface area contributed by atoms with Gasteiger partial charge >= 0.3 is 7.60 Å². The molecule has 0 fully saturated rings. The van der Waals surface area contributed by atoms with E-state index in [0.29, 0.717) is 40.3 Å². The summed E-state index contributed by atoms with van der Waals surface area (Å²) in [7, 11) is -8.66. The molecule has 3 rings (SSSR count). The lowest BCUT2D eigenvalue weighted by Gasteiger charge is -2.14. The number of nitriles is 1. The van der Waals surface area contributed by atoms with Crippen LogP contribution in [0.3, 0.4) is 0 Å². The van der Waals surface area contributed by atoms with E-state index in [9.17, 15) is 22.3 Å². The summed E-state index contributed by atoms with van der Waals surface area (Å²) in [4.78, 5) is 10.0. The van der Waals surface area contributed by atoms with Gasteiger partial charge in [0.05, 0.1) is 12.2 Å². The van der Waals surface area contributed by atoms with Crippen molar-refractivity contribution in [1.82, 2.24) is 4.72 Å². The fourth-order valence-electron chi connectivity index (χ4n) is 2.84. The van der Waals surface area contributed by atoms with Gasteiger partial charge in [-0.05, 0) is 49.2 Å². The van der Waals surface area contributed by atoms with Crippen molar-refractivity contribution in [2.75, 3.05) is 18.8 Å². The summed E-state index contributed by atoms with van der Waals surface area (Å²) in [6.07, 6.45) is -0.262. The van der Waals surface area contributed by atoms with E-state index in [2.05, 4.69) is 4.72 Å². The lowest BCUT2D eigenvalue weighted by Crippen LogP contribution is -2.25. The van der Waals surface area contributed by atoms with Crippen LogP contribution in [0.1, 0.15) is 17.5 Å². The number of hydrogen-bond donors (Lipinski definition) is 2. The molecule has 0 amide bonds. The minimum absolute atomic E-state index is 0.0141. The number of nitrogens with zero attached hydrogens (tertiary/aromatic N) is 1. The van der Waals surface area contributed by atoms with Crippen molar-refractivity contribution >= 4 is 50.6 Å². The molecule has 3 aromatic rings. The summed E-state index contributed by atoms with van der Waals surface area (Å²) < 4.78 is 64.9. The van der Waals surface area contributed by atoms with Crippen LogP contribution in [0.25, 0.3) is 10.1 Å². The maximum absolute atomic E-state index is 13.7. The van der Waals surface area contributed by atoms with Gasteiger partial charge in [0.1, 0.15) is 33.9 Å². The Morgan fingerprint density at radius 1 is 1.27 bits per heavy atom. The molecule has 8 nitrogen and oxygen atoms in total. The molecule has 13 heteroatoms. The number of nitrogens with one attached hydrogen (secondary N) is 1. The van der Waals surface area contributed by atoms with Gasteiger partial charge in [-0.15, -0.1) is 22.9 Å². The number of rotatable bonds is 10. The number of halogens is 2. The van der Waals surface area contributed by atoms with Gasteiger partial charge in [0.15, 0.2) is 0 Å². The van der Waals surface area contributed by atoms with Crippen LogP contribution in [0.15, 0.2) is 40.6 Å². The first-order chi connectivity index (χ1) is 15.6. The molecule has 1 heterocycles. The SMILES string of the molecule is Cc1c(S(=O)(=O)NCP(=O)(O)Oc2ccc(C#N)c(F)c2)sc2ccc(OCCCCl)cc12. The fourth-order valence-corrected chi connectivity index (χ4v) is 7.24. The monoisotopic (exact) mass is 532 g/mol. The topological polar surface area (TPSA) is 126 Å². The molecule has 176 valence electrons. The molecule has 0 saturated heterocycles. The van der Waals surface area contributed by atoms with Crippen molar-refractivity contribution in [3.63, 3.8) is 0 Å². The van der Waals surface area contributed by atoms with Crippen molar-refractivity contribution in [3.05, 3.63) is 53.3 Å². The third kappa shape index (κ3) is 6.23. The summed E-state index contributed by atoms with van der Waals surface area (Å²) >= 11 is 6.65. The second-order valence-electron chi connectivity index (χ2n) is 6.85. The van der Waals surface area contributed by atoms with Crippen LogP contribution in [0.2, 0.25) is 0 Å². The number of alkyl halides is 1. The minimum atomic E-state index is -4.51. The first-order valence-electron chi connectivity index (χ1n) is 9.49. The molecule has 0 bridgehead atoms. The predicted octanol–water partition coefficient (Wildman–Crippen LogP) is 4.73. The first-order valence-corrected chi connectivity index (χ1v) is 14.1. The standard InChI is InChI=1S/C20H19ClFN2O6PS2/c1-13-17-9-15(29-8-2-7-21)5-6-19(17)32-20(13)33(27,28)24-12-31(25,26)30-16-4-3-14(11-23)18(22)10-16/h3-6,9-10,24H,2,7-8,12H2,1H3,(H,25,26). The zero-order chi connectivity index (χ0) is 24.2. The van der Waals surface area contributed by atoms with Crippen molar-refractivity contribution < 1.29 is 31.5 Å². The van der Waals surface area contributed by atoms with Crippen LogP contribution >= 0.6 is 30.5 Å². The van der Waals surface area contributed by atoms with Crippen LogP contribution in [-0.2, 0) is 14.6 Å². The second-order valence-corrected chi connectivity index (χ2v) is 12.0. The van der Waals surface area contributed by atoms with Gasteiger partial charge in [-0.25, -0.2) is 17.4 Å². The molecule has 1 unspecified atom stereocenters. The van der Waals surface area contributed by atoms with E-state index >= 15 is 0 Å². The highest BCUT2D eigenvalue weighted by atomic mass is 35.5. The second kappa shape index (κ2) is 10.4. The largest absolute Gasteiger partial charge is 0.494 e. The van der Waals surface area contributed by atoms with E-state index in [-0.39, 0.29) is 15.5 Å². The van der Waals surface area contributed by atoms with E-state index in [1.165, 1.54) is 0 Å². The maximum atomic E-state index is 13.7. The molecule has 2 N–H and O–H groups in total. The number of sulfonamides is 1. The van der Waals surface area contributed by atoms with Gasteiger partial charge in [0.25, 0.3) is 10.0 Å². The third-order valence-corrected chi connectivity index (χ3v) is 9.25. The number of benzene rings is 2. The molecule has 0 aliphatic rings. The number of fused-ring (bicyclic) bond motifs is 1. The summed E-state index contributed by atoms with van der Waals surface area (Å²) in [5.41, 5.74) is 0.205. The lowest BCUT2D eigenvalue weighted by molar-refractivity contribution is 0.319. The van der Waals surface area contributed by atoms with Gasteiger partial charge in [-0.3, -0.25) is 0 Å². The fraction of sp³-hybridized carbons (Fsp3) is 0.250. The molecular weight excluding hydrogens is 514 g/mol. The Labute approximate surface area is 199 Å². The molecule has 0 aliphatic carbocycles. The van der Waals surface area contributed by atoms with Gasteiger partial charge in [-0.2, -0.15) is 9.98 Å². The van der Waals surface area contributed by atoms with Gasteiger partial charge in [-0.1, -0.05) is 0 Å². The molecule has 1 atom stereocenters. The Bertz CT molecular complexity index is 1370. The van der Waals surface area contributed by atoms with Crippen molar-refractivity contribution in [2.24, 2.45) is 0 Å². The van der Waals surface area contributed by atoms with Crippen molar-refractivity contribution in [3.8, 4) is 17.6 Å². The van der Waals surface area contributed by atoms with E-state index in [0.717, 1.165) is 29.5 Å². The van der Waals surface area contributed by atoms with E-state index in [1.54, 1.807) is 31.2 Å². The smallest absolute Gasteiger partial charge is 0.391 e. The average molecular weight is 533 g/mol. The summed E-state index contributed by atoms with van der Waals surface area (Å²) in [6, 6.07) is 9.81. The molecule has 0 saturated carbocycles. The Balaban J connectivity index is 1.75. The minimum Gasteiger partial charge on any atom is -0.494 e. The average Bonchev–Trinajstić information content (AvgIpc) is 3.10. The van der Waals surface area contributed by atoms with E-state index < -0.39 is 29.7 Å². The van der Waals surface area contributed by atoms with Crippen molar-refractivity contribution in [2.45, 2.75) is 17.6 Å².